The molecule has 1 aromatic rings. The summed E-state index contributed by atoms with van der Waals surface area (Å²) < 4.78 is 11.5. The average molecular weight is 248 g/mol. The third kappa shape index (κ3) is 5.37. The summed E-state index contributed by atoms with van der Waals surface area (Å²) in [5, 5.41) is 0. The van der Waals surface area contributed by atoms with Crippen LogP contribution in [0.25, 0.3) is 0 Å². The lowest BCUT2D eigenvalue weighted by Crippen LogP contribution is -2.24. The van der Waals surface area contributed by atoms with Crippen molar-refractivity contribution in [2.24, 2.45) is 0 Å². The summed E-state index contributed by atoms with van der Waals surface area (Å²) in [5.41, 5.74) is 1.22. The van der Waals surface area contributed by atoms with E-state index < -0.39 is 0 Å². The molecule has 1 aromatic carbocycles. The number of benzene rings is 1. The highest BCUT2D eigenvalue weighted by Gasteiger charge is 2.09. The fourth-order valence-corrected chi connectivity index (χ4v) is 1.64. The van der Waals surface area contributed by atoms with Crippen molar-refractivity contribution >= 4 is 0 Å². The molecular weight excluding hydrogens is 224 g/mol. The lowest BCUT2D eigenvalue weighted by atomic mass is 10.1. The van der Waals surface area contributed by atoms with Crippen LogP contribution in [0.1, 0.15) is 32.8 Å². The lowest BCUT2D eigenvalue weighted by molar-refractivity contribution is 0.0151. The molecule has 0 aliphatic carbocycles. The molecule has 0 spiro atoms. The zero-order valence-corrected chi connectivity index (χ0v) is 11.7. The second kappa shape index (κ2) is 7.93. The molecule has 0 aliphatic heterocycles. The molecule has 0 bridgehead atoms. The van der Waals surface area contributed by atoms with Crippen LogP contribution in [0.2, 0.25) is 0 Å². The van der Waals surface area contributed by atoms with Gasteiger partial charge in [0.05, 0.1) is 12.7 Å². The first-order valence-corrected chi connectivity index (χ1v) is 6.63. The Bertz CT molecular complexity index is 358. The first-order chi connectivity index (χ1) is 8.65. The van der Waals surface area contributed by atoms with Crippen molar-refractivity contribution in [3.8, 4) is 5.75 Å². The smallest absolute Gasteiger partial charge is 0.122 e. The first-order valence-electron chi connectivity index (χ1n) is 6.63. The standard InChI is InChI=1S/C16H24O2/c1-5-8-14-9-7-10-16(11-14)18-15(6-2)12-17-13(3)4/h5,7,9-11,13,15H,1,6,8,12H2,2-4H3. The molecular formula is C16H24O2. The minimum absolute atomic E-state index is 0.117. The fraction of sp³-hybridized carbons (Fsp3) is 0.500. The van der Waals surface area contributed by atoms with Gasteiger partial charge in [-0.25, -0.2) is 0 Å². The molecule has 0 saturated carbocycles. The van der Waals surface area contributed by atoms with Crippen LogP contribution in [0.5, 0.6) is 5.75 Å². The highest BCUT2D eigenvalue weighted by atomic mass is 16.5. The van der Waals surface area contributed by atoms with Gasteiger partial charge in [0.2, 0.25) is 0 Å². The van der Waals surface area contributed by atoms with Gasteiger partial charge in [0.15, 0.2) is 0 Å². The van der Waals surface area contributed by atoms with Crippen LogP contribution in [0.4, 0.5) is 0 Å². The molecule has 0 aliphatic rings. The summed E-state index contributed by atoms with van der Waals surface area (Å²) in [6.45, 7) is 10.6. The monoisotopic (exact) mass is 248 g/mol. The quantitative estimate of drug-likeness (QED) is 0.647. The molecule has 0 N–H and O–H groups in total. The van der Waals surface area contributed by atoms with Crippen LogP contribution in [0, 0.1) is 0 Å². The second-order valence-corrected chi connectivity index (χ2v) is 4.67. The zero-order valence-electron chi connectivity index (χ0n) is 11.7. The van der Waals surface area contributed by atoms with Crippen molar-refractivity contribution in [3.63, 3.8) is 0 Å². The van der Waals surface area contributed by atoms with Crippen LogP contribution in [-0.2, 0) is 11.2 Å². The van der Waals surface area contributed by atoms with Gasteiger partial charge in [-0.2, -0.15) is 0 Å². The molecule has 0 aromatic heterocycles. The molecule has 1 atom stereocenters. The molecule has 0 saturated heterocycles. The number of hydrogen-bond donors (Lipinski definition) is 0. The predicted molar refractivity (Wildman–Crippen MR) is 76.1 cm³/mol. The van der Waals surface area contributed by atoms with Gasteiger partial charge in [0, 0.05) is 0 Å². The molecule has 1 rings (SSSR count). The van der Waals surface area contributed by atoms with Crippen molar-refractivity contribution in [1.82, 2.24) is 0 Å². The van der Waals surface area contributed by atoms with Crippen LogP contribution < -0.4 is 4.74 Å². The summed E-state index contributed by atoms with van der Waals surface area (Å²) >= 11 is 0. The number of hydrogen-bond acceptors (Lipinski definition) is 2. The number of rotatable bonds is 8. The van der Waals surface area contributed by atoms with Gasteiger partial charge in [-0.1, -0.05) is 25.1 Å². The third-order valence-electron chi connectivity index (χ3n) is 2.65. The van der Waals surface area contributed by atoms with Gasteiger partial charge in [0.1, 0.15) is 11.9 Å². The van der Waals surface area contributed by atoms with E-state index in [1.54, 1.807) is 0 Å². The highest BCUT2D eigenvalue weighted by Crippen LogP contribution is 2.17. The average Bonchev–Trinajstić information content (AvgIpc) is 2.35. The van der Waals surface area contributed by atoms with Crippen molar-refractivity contribution in [2.75, 3.05) is 6.61 Å². The van der Waals surface area contributed by atoms with E-state index in [9.17, 15) is 0 Å². The molecule has 0 fully saturated rings. The zero-order chi connectivity index (χ0) is 13.4. The van der Waals surface area contributed by atoms with Gasteiger partial charge in [-0.3, -0.25) is 0 Å². The molecule has 2 nitrogen and oxygen atoms in total. The fourth-order valence-electron chi connectivity index (χ4n) is 1.64. The summed E-state index contributed by atoms with van der Waals surface area (Å²) in [6.07, 6.45) is 4.08. The van der Waals surface area contributed by atoms with Crippen molar-refractivity contribution in [3.05, 3.63) is 42.5 Å². The Hall–Kier alpha value is -1.28. The highest BCUT2D eigenvalue weighted by molar-refractivity contribution is 5.29. The van der Waals surface area contributed by atoms with Gasteiger partial charge < -0.3 is 9.47 Å². The minimum atomic E-state index is 0.117. The van der Waals surface area contributed by atoms with Crippen LogP contribution in [0.15, 0.2) is 36.9 Å². The van der Waals surface area contributed by atoms with E-state index in [4.69, 9.17) is 9.47 Å². The molecule has 18 heavy (non-hydrogen) atoms. The van der Waals surface area contributed by atoms with Crippen molar-refractivity contribution in [1.29, 1.82) is 0 Å². The molecule has 0 radical (unpaired) electrons. The largest absolute Gasteiger partial charge is 0.488 e. The maximum atomic E-state index is 5.94. The second-order valence-electron chi connectivity index (χ2n) is 4.67. The maximum absolute atomic E-state index is 5.94. The van der Waals surface area contributed by atoms with E-state index in [0.29, 0.717) is 6.61 Å². The van der Waals surface area contributed by atoms with Gasteiger partial charge in [-0.15, -0.1) is 6.58 Å². The molecule has 0 amide bonds. The first kappa shape index (κ1) is 14.8. The molecule has 0 heterocycles. The summed E-state index contributed by atoms with van der Waals surface area (Å²) in [6, 6.07) is 8.16. The predicted octanol–water partition coefficient (Wildman–Crippen LogP) is 4.00. The summed E-state index contributed by atoms with van der Waals surface area (Å²) in [7, 11) is 0. The summed E-state index contributed by atoms with van der Waals surface area (Å²) in [5.74, 6) is 0.911. The summed E-state index contributed by atoms with van der Waals surface area (Å²) in [4.78, 5) is 0. The Kier molecular flexibility index (Phi) is 6.51. The van der Waals surface area contributed by atoms with E-state index in [2.05, 4.69) is 25.6 Å². The van der Waals surface area contributed by atoms with Gasteiger partial charge in [0.25, 0.3) is 0 Å². The lowest BCUT2D eigenvalue weighted by Gasteiger charge is -2.19. The number of allylic oxidation sites excluding steroid dienone is 1. The van der Waals surface area contributed by atoms with Crippen molar-refractivity contribution in [2.45, 2.75) is 45.8 Å². The Morgan fingerprint density at radius 1 is 1.33 bits per heavy atom. The Balaban J connectivity index is 2.57. The third-order valence-corrected chi connectivity index (χ3v) is 2.65. The van der Waals surface area contributed by atoms with E-state index >= 15 is 0 Å². The molecule has 1 unspecified atom stereocenters. The Morgan fingerprint density at radius 3 is 2.72 bits per heavy atom. The maximum Gasteiger partial charge on any atom is 0.122 e. The normalized spacial score (nSPS) is 12.4. The van der Waals surface area contributed by atoms with Crippen LogP contribution in [0.3, 0.4) is 0 Å². The van der Waals surface area contributed by atoms with Gasteiger partial charge >= 0.3 is 0 Å². The van der Waals surface area contributed by atoms with E-state index in [1.165, 1.54) is 5.56 Å². The van der Waals surface area contributed by atoms with Gasteiger partial charge in [-0.05, 0) is 44.4 Å². The topological polar surface area (TPSA) is 18.5 Å². The van der Waals surface area contributed by atoms with Crippen LogP contribution in [-0.4, -0.2) is 18.8 Å². The van der Waals surface area contributed by atoms with Crippen LogP contribution >= 0.6 is 0 Å². The number of ether oxygens (including phenoxy) is 2. The molecule has 100 valence electrons. The van der Waals surface area contributed by atoms with Crippen molar-refractivity contribution < 1.29 is 9.47 Å². The minimum Gasteiger partial charge on any atom is -0.488 e. The van der Waals surface area contributed by atoms with E-state index in [1.807, 2.05) is 32.1 Å². The SMILES string of the molecule is C=CCc1cccc(OC(CC)COC(C)C)c1. The van der Waals surface area contributed by atoms with E-state index in [0.717, 1.165) is 18.6 Å². The van der Waals surface area contributed by atoms with E-state index in [-0.39, 0.29) is 12.2 Å². The molecule has 2 heteroatoms. The Morgan fingerprint density at radius 2 is 2.11 bits per heavy atom. The Labute approximate surface area is 111 Å².